The molecule has 1 aromatic carbocycles. The summed E-state index contributed by atoms with van der Waals surface area (Å²) in [4.78, 5) is 13.3. The van der Waals surface area contributed by atoms with Crippen molar-refractivity contribution in [1.82, 2.24) is 24.5 Å². The van der Waals surface area contributed by atoms with Gasteiger partial charge in [-0.1, -0.05) is 6.07 Å². The quantitative estimate of drug-likeness (QED) is 0.709. The van der Waals surface area contributed by atoms with Gasteiger partial charge in [0, 0.05) is 26.2 Å². The van der Waals surface area contributed by atoms with Gasteiger partial charge >= 0.3 is 6.18 Å². The molecular formula is C16H17F3N6. The minimum Gasteiger partial charge on any atom is -0.351 e. The predicted molar refractivity (Wildman–Crippen MR) is 87.8 cm³/mol. The molecule has 4 rings (SSSR count). The molecule has 1 fully saturated rings. The monoisotopic (exact) mass is 350 g/mol. The van der Waals surface area contributed by atoms with Gasteiger partial charge in [-0.15, -0.1) is 0 Å². The highest BCUT2D eigenvalue weighted by atomic mass is 19.4. The Balaban J connectivity index is 1.81. The molecule has 3 heterocycles. The van der Waals surface area contributed by atoms with E-state index in [2.05, 4.69) is 31.9 Å². The Morgan fingerprint density at radius 3 is 2.60 bits per heavy atom. The largest absolute Gasteiger partial charge is 0.393 e. The van der Waals surface area contributed by atoms with Crippen molar-refractivity contribution < 1.29 is 13.2 Å². The predicted octanol–water partition coefficient (Wildman–Crippen LogP) is 2.13. The topological polar surface area (TPSA) is 49.6 Å². The van der Waals surface area contributed by atoms with Crippen molar-refractivity contribution in [2.75, 3.05) is 38.1 Å². The number of anilines is 1. The van der Waals surface area contributed by atoms with Crippen molar-refractivity contribution in [3.63, 3.8) is 0 Å². The van der Waals surface area contributed by atoms with Gasteiger partial charge in [-0.2, -0.15) is 18.3 Å². The normalized spacial score (nSPS) is 16.9. The molecule has 0 N–H and O–H groups in total. The molecule has 0 aliphatic carbocycles. The molecule has 0 radical (unpaired) electrons. The highest BCUT2D eigenvalue weighted by molar-refractivity contribution is 5.83. The molecule has 3 aromatic rings. The second-order valence-corrected chi connectivity index (χ2v) is 6.34. The molecule has 132 valence electrons. The smallest absolute Gasteiger partial charge is 0.351 e. The zero-order chi connectivity index (χ0) is 17.6. The number of halogens is 3. The number of fused-ring (bicyclic) bond motifs is 3. The van der Waals surface area contributed by atoms with Gasteiger partial charge in [-0.05, 0) is 24.7 Å². The molecule has 25 heavy (non-hydrogen) atoms. The highest BCUT2D eigenvalue weighted by Gasteiger charge is 2.28. The maximum absolute atomic E-state index is 12.7. The van der Waals surface area contributed by atoms with Crippen LogP contribution in [0.25, 0.3) is 16.7 Å². The van der Waals surface area contributed by atoms with Crippen LogP contribution in [0.5, 0.6) is 0 Å². The number of alkyl halides is 3. The molecule has 0 unspecified atom stereocenters. The molecule has 6 nitrogen and oxygen atoms in total. The second kappa shape index (κ2) is 5.83. The molecule has 0 bridgehead atoms. The van der Waals surface area contributed by atoms with E-state index < -0.39 is 12.6 Å². The van der Waals surface area contributed by atoms with Crippen LogP contribution in [0.4, 0.5) is 19.0 Å². The minimum atomic E-state index is -4.25. The second-order valence-electron chi connectivity index (χ2n) is 6.34. The standard InChI is InChI=1S/C16H17F3N6/c1-23-4-6-24(7-5-23)15-14-20-10-21-25(14)13-8-11(9-16(17,18)19)2-3-12(13)22-15/h2-3,8,10H,4-7,9H2,1H3. The maximum atomic E-state index is 12.7. The van der Waals surface area contributed by atoms with Crippen molar-refractivity contribution in [3.05, 3.63) is 30.1 Å². The third-order valence-electron chi connectivity index (χ3n) is 4.45. The van der Waals surface area contributed by atoms with E-state index in [1.165, 1.54) is 18.5 Å². The molecule has 1 aliphatic heterocycles. The van der Waals surface area contributed by atoms with E-state index in [9.17, 15) is 13.2 Å². The molecule has 0 atom stereocenters. The van der Waals surface area contributed by atoms with Crippen molar-refractivity contribution in [2.45, 2.75) is 12.6 Å². The fraction of sp³-hybridized carbons (Fsp3) is 0.438. The van der Waals surface area contributed by atoms with Crippen LogP contribution in [-0.4, -0.2) is 63.9 Å². The SMILES string of the molecule is CN1CCN(c2nc3ccc(CC(F)(F)F)cc3n3ncnc23)CC1. The highest BCUT2D eigenvalue weighted by Crippen LogP contribution is 2.27. The molecule has 2 aromatic heterocycles. The zero-order valence-electron chi connectivity index (χ0n) is 13.7. The molecule has 0 amide bonds. The van der Waals surface area contributed by atoms with Crippen LogP contribution in [0.1, 0.15) is 5.56 Å². The van der Waals surface area contributed by atoms with Gasteiger partial charge in [-0.25, -0.2) is 14.5 Å². The number of hydrogen-bond donors (Lipinski definition) is 0. The van der Waals surface area contributed by atoms with E-state index >= 15 is 0 Å². The Bertz CT molecular complexity index is 911. The average Bonchev–Trinajstić information content (AvgIpc) is 3.03. The zero-order valence-corrected chi connectivity index (χ0v) is 13.7. The molecular weight excluding hydrogens is 333 g/mol. The first-order valence-corrected chi connectivity index (χ1v) is 8.03. The molecule has 1 aliphatic rings. The lowest BCUT2D eigenvalue weighted by Crippen LogP contribution is -2.45. The molecule has 0 saturated carbocycles. The summed E-state index contributed by atoms with van der Waals surface area (Å²) in [5.41, 5.74) is 1.90. The summed E-state index contributed by atoms with van der Waals surface area (Å²) in [6, 6.07) is 4.59. The summed E-state index contributed by atoms with van der Waals surface area (Å²) in [5.74, 6) is 0.724. The van der Waals surface area contributed by atoms with Crippen LogP contribution >= 0.6 is 0 Å². The number of likely N-dealkylation sites (N-methyl/N-ethyl adjacent to an activating group) is 1. The van der Waals surface area contributed by atoms with Crippen molar-refractivity contribution >= 4 is 22.5 Å². The Labute approximate surface area is 141 Å². The average molecular weight is 350 g/mol. The van der Waals surface area contributed by atoms with Crippen LogP contribution in [0, 0.1) is 0 Å². The van der Waals surface area contributed by atoms with E-state index in [4.69, 9.17) is 0 Å². The van der Waals surface area contributed by atoms with Gasteiger partial charge < -0.3 is 9.80 Å². The minimum absolute atomic E-state index is 0.186. The summed E-state index contributed by atoms with van der Waals surface area (Å²) in [5, 5.41) is 4.20. The number of hydrogen-bond acceptors (Lipinski definition) is 5. The van der Waals surface area contributed by atoms with Gasteiger partial charge in [0.05, 0.1) is 17.5 Å². The van der Waals surface area contributed by atoms with E-state index in [0.717, 1.165) is 32.0 Å². The van der Waals surface area contributed by atoms with Crippen LogP contribution in [0.3, 0.4) is 0 Å². The fourth-order valence-electron chi connectivity index (χ4n) is 3.14. The van der Waals surface area contributed by atoms with Crippen LogP contribution in [0.15, 0.2) is 24.5 Å². The first-order valence-electron chi connectivity index (χ1n) is 8.03. The fourth-order valence-corrected chi connectivity index (χ4v) is 3.14. The van der Waals surface area contributed by atoms with Gasteiger partial charge in [0.15, 0.2) is 11.5 Å². The molecule has 0 spiro atoms. The van der Waals surface area contributed by atoms with Crippen LogP contribution in [-0.2, 0) is 6.42 Å². The van der Waals surface area contributed by atoms with Crippen molar-refractivity contribution in [1.29, 1.82) is 0 Å². The first-order chi connectivity index (χ1) is 11.9. The Morgan fingerprint density at radius 2 is 1.88 bits per heavy atom. The van der Waals surface area contributed by atoms with Crippen molar-refractivity contribution in [2.24, 2.45) is 0 Å². The number of piperazine rings is 1. The lowest BCUT2D eigenvalue weighted by Gasteiger charge is -2.33. The number of benzene rings is 1. The van der Waals surface area contributed by atoms with E-state index in [-0.39, 0.29) is 5.56 Å². The molecule has 1 saturated heterocycles. The Morgan fingerprint density at radius 1 is 1.12 bits per heavy atom. The summed E-state index contributed by atoms with van der Waals surface area (Å²) in [7, 11) is 2.07. The molecule has 9 heteroatoms. The lowest BCUT2D eigenvalue weighted by molar-refractivity contribution is -0.127. The van der Waals surface area contributed by atoms with Gasteiger partial charge in [0.1, 0.15) is 6.33 Å². The third-order valence-corrected chi connectivity index (χ3v) is 4.45. The number of nitrogens with zero attached hydrogens (tertiary/aromatic N) is 6. The Hall–Kier alpha value is -2.42. The Kier molecular flexibility index (Phi) is 3.75. The van der Waals surface area contributed by atoms with E-state index in [1.807, 2.05) is 0 Å². The number of aromatic nitrogens is 4. The van der Waals surface area contributed by atoms with Gasteiger partial charge in [0.2, 0.25) is 0 Å². The summed E-state index contributed by atoms with van der Waals surface area (Å²) in [6.07, 6.45) is -3.81. The van der Waals surface area contributed by atoms with E-state index in [1.54, 1.807) is 10.6 Å². The third kappa shape index (κ3) is 3.11. The van der Waals surface area contributed by atoms with Crippen molar-refractivity contribution in [3.8, 4) is 0 Å². The summed E-state index contributed by atoms with van der Waals surface area (Å²) >= 11 is 0. The lowest BCUT2D eigenvalue weighted by atomic mass is 10.1. The number of rotatable bonds is 2. The van der Waals surface area contributed by atoms with Gasteiger partial charge in [0.25, 0.3) is 0 Å². The van der Waals surface area contributed by atoms with Gasteiger partial charge in [-0.3, -0.25) is 0 Å². The van der Waals surface area contributed by atoms with Crippen LogP contribution in [0.2, 0.25) is 0 Å². The first kappa shape index (κ1) is 16.1. The summed E-state index contributed by atoms with van der Waals surface area (Å²) < 4.78 is 39.6. The van der Waals surface area contributed by atoms with E-state index in [0.29, 0.717) is 16.7 Å². The van der Waals surface area contributed by atoms with Crippen LogP contribution < -0.4 is 4.90 Å². The summed E-state index contributed by atoms with van der Waals surface area (Å²) in [6.45, 7) is 3.49. The maximum Gasteiger partial charge on any atom is 0.393 e.